The predicted molar refractivity (Wildman–Crippen MR) is 234 cm³/mol. The van der Waals surface area contributed by atoms with Crippen LogP contribution in [0.5, 0.6) is 0 Å². The number of carboxylic acids is 1. The van der Waals surface area contributed by atoms with Gasteiger partial charge in [-0.2, -0.15) is 0 Å². The summed E-state index contributed by atoms with van der Waals surface area (Å²) in [6.07, 6.45) is 0. The number of ketones is 2. The fraction of sp³-hybridized carbons (Fsp3) is 0.0816. The number of thioether (sulfide) groups is 2. The van der Waals surface area contributed by atoms with E-state index in [9.17, 15) is 19.5 Å². The fourth-order valence-corrected chi connectivity index (χ4v) is 10.3. The number of rotatable bonds is 15. The molecule has 0 fully saturated rings. The van der Waals surface area contributed by atoms with Crippen LogP contribution in [0.15, 0.2) is 188 Å². The molecule has 8 heteroatoms. The lowest BCUT2D eigenvalue weighted by atomic mass is 9.84. The highest BCUT2D eigenvalue weighted by atomic mass is 32.2. The Morgan fingerprint density at radius 1 is 0.421 bits per heavy atom. The molecule has 0 amide bonds. The van der Waals surface area contributed by atoms with Crippen molar-refractivity contribution in [3.63, 3.8) is 0 Å². The zero-order valence-corrected chi connectivity index (χ0v) is 32.6. The van der Waals surface area contributed by atoms with E-state index < -0.39 is 27.0 Å². The monoisotopic (exact) mass is 784 g/mol. The van der Waals surface area contributed by atoms with Crippen LogP contribution in [0.3, 0.4) is 0 Å². The van der Waals surface area contributed by atoms with E-state index in [-0.39, 0.29) is 39.6 Å². The molecule has 0 saturated carbocycles. The molecule has 0 aliphatic rings. The van der Waals surface area contributed by atoms with Gasteiger partial charge in [0.1, 0.15) is 0 Å². The topological polar surface area (TPSA) is 123 Å². The zero-order chi connectivity index (χ0) is 39.8. The summed E-state index contributed by atoms with van der Waals surface area (Å²) in [6, 6.07) is 60.7. The summed E-state index contributed by atoms with van der Waals surface area (Å²) >= 11 is 2.78. The molecule has 0 spiro atoms. The maximum absolute atomic E-state index is 14.4. The van der Waals surface area contributed by atoms with Crippen LogP contribution in [-0.2, 0) is 9.49 Å². The van der Waals surface area contributed by atoms with Gasteiger partial charge in [-0.05, 0) is 39.4 Å². The quantitative estimate of drug-likeness (QED) is 0.0533. The van der Waals surface area contributed by atoms with Gasteiger partial charge in [0.15, 0.2) is 11.6 Å². The van der Waals surface area contributed by atoms with E-state index in [0.717, 1.165) is 33.4 Å². The Morgan fingerprint density at radius 3 is 0.982 bits per heavy atom. The minimum atomic E-state index is -1.38. The van der Waals surface area contributed by atoms with Gasteiger partial charge in [0.05, 0.1) is 43.5 Å². The van der Waals surface area contributed by atoms with Gasteiger partial charge < -0.3 is 16.6 Å². The van der Waals surface area contributed by atoms with Crippen molar-refractivity contribution in [3.05, 3.63) is 238 Å². The first-order valence-corrected chi connectivity index (χ1v) is 20.4. The van der Waals surface area contributed by atoms with E-state index in [0.29, 0.717) is 0 Å². The minimum Gasteiger partial charge on any atom is -0.478 e. The Bertz CT molecular complexity index is 2290. The van der Waals surface area contributed by atoms with E-state index in [2.05, 4.69) is 0 Å². The third-order valence-corrected chi connectivity index (χ3v) is 13.2. The molecule has 5 N–H and O–H groups in total. The number of carboxylic acid groups (broad SMARTS) is 1. The number of hydrogen-bond donors (Lipinski definition) is 3. The van der Waals surface area contributed by atoms with Crippen molar-refractivity contribution in [1.29, 1.82) is 0 Å². The van der Waals surface area contributed by atoms with Crippen LogP contribution < -0.4 is 11.5 Å². The maximum Gasteiger partial charge on any atom is 0.336 e. The number of anilines is 2. The number of hydrogen-bond acceptors (Lipinski definition) is 7. The Kier molecular flexibility index (Phi) is 11.7. The van der Waals surface area contributed by atoms with Crippen molar-refractivity contribution >= 4 is 52.4 Å². The lowest BCUT2D eigenvalue weighted by Gasteiger charge is -2.35. The molecule has 0 saturated heterocycles. The number of aromatic carboxylic acids is 1. The van der Waals surface area contributed by atoms with Gasteiger partial charge in [-0.3, -0.25) is 9.59 Å². The number of carbonyl (C=O) groups is 3. The second-order valence-corrected chi connectivity index (χ2v) is 15.8. The zero-order valence-electron chi connectivity index (χ0n) is 31.0. The molecule has 57 heavy (non-hydrogen) atoms. The molecule has 0 heterocycles. The third kappa shape index (κ3) is 7.62. The Balaban J connectivity index is 1.25. The van der Waals surface area contributed by atoms with Crippen LogP contribution in [0.4, 0.5) is 11.4 Å². The van der Waals surface area contributed by atoms with Crippen molar-refractivity contribution in [3.8, 4) is 0 Å². The van der Waals surface area contributed by atoms with Crippen molar-refractivity contribution in [2.24, 2.45) is 0 Å². The summed E-state index contributed by atoms with van der Waals surface area (Å²) in [5.41, 5.74) is 18.0. The second kappa shape index (κ2) is 17.2. The SMILES string of the molecule is Nc1c(C(=O)CSC(c2ccccc2)(c2ccccc2)c2ccccc2)cc(C(=O)O)c(C(=O)CSC(c2ccccc2)(c2ccccc2)c2ccccc2)c1N. The Morgan fingerprint density at radius 2 is 0.702 bits per heavy atom. The van der Waals surface area contributed by atoms with Crippen molar-refractivity contribution in [2.45, 2.75) is 9.49 Å². The first kappa shape index (κ1) is 38.9. The molecular formula is C49H40N2O4S2. The highest BCUT2D eigenvalue weighted by Gasteiger charge is 2.40. The van der Waals surface area contributed by atoms with Crippen LogP contribution in [0, 0.1) is 0 Å². The van der Waals surface area contributed by atoms with E-state index in [1.807, 2.05) is 182 Å². The first-order valence-electron chi connectivity index (χ1n) is 18.4. The highest BCUT2D eigenvalue weighted by Crippen LogP contribution is 2.50. The summed E-state index contributed by atoms with van der Waals surface area (Å²) in [5.74, 6) is -2.52. The fourth-order valence-electron chi connectivity index (χ4n) is 7.45. The molecule has 6 nitrogen and oxygen atoms in total. The predicted octanol–water partition coefficient (Wildman–Crippen LogP) is 10.4. The van der Waals surface area contributed by atoms with Crippen LogP contribution in [-0.4, -0.2) is 34.1 Å². The van der Waals surface area contributed by atoms with Crippen LogP contribution in [0.1, 0.15) is 64.5 Å². The summed E-state index contributed by atoms with van der Waals surface area (Å²) < 4.78 is -1.63. The van der Waals surface area contributed by atoms with Gasteiger partial charge in [0, 0.05) is 5.56 Å². The van der Waals surface area contributed by atoms with Crippen LogP contribution in [0.2, 0.25) is 0 Å². The Labute approximate surface area is 341 Å². The van der Waals surface area contributed by atoms with Crippen molar-refractivity contribution in [1.82, 2.24) is 0 Å². The van der Waals surface area contributed by atoms with Gasteiger partial charge in [0.2, 0.25) is 0 Å². The number of Topliss-reactive ketones (excluding diaryl/α,β-unsaturated/α-hetero) is 2. The maximum atomic E-state index is 14.4. The second-order valence-electron chi connectivity index (χ2n) is 13.5. The number of benzene rings is 7. The largest absolute Gasteiger partial charge is 0.478 e. The standard InChI is InChI=1S/C49H40N2O4S2/c50-45-40(42(52)32-56-48(34-19-7-1-8-20-34,35-21-9-2-10-22-35)36-23-11-3-12-24-36)31-41(47(54)55)44(46(45)51)43(53)33-57-49(37-25-13-4-14-26-37,38-27-15-5-16-28-38)39-29-17-6-18-30-39/h1-31H,32-33,50-51H2,(H,54,55). The molecule has 0 unspecified atom stereocenters. The van der Waals surface area contributed by atoms with Gasteiger partial charge >= 0.3 is 5.97 Å². The van der Waals surface area contributed by atoms with E-state index >= 15 is 0 Å². The van der Waals surface area contributed by atoms with Crippen LogP contribution in [0.25, 0.3) is 0 Å². The number of nitrogens with two attached hydrogens (primary N) is 2. The van der Waals surface area contributed by atoms with Gasteiger partial charge in [0.25, 0.3) is 0 Å². The summed E-state index contributed by atoms with van der Waals surface area (Å²) in [5, 5.41) is 10.5. The summed E-state index contributed by atoms with van der Waals surface area (Å²) in [6.45, 7) is 0. The molecule has 0 aromatic heterocycles. The molecule has 0 aliphatic heterocycles. The summed E-state index contributed by atoms with van der Waals surface area (Å²) in [7, 11) is 0. The molecule has 0 radical (unpaired) electrons. The third-order valence-electron chi connectivity index (χ3n) is 10.1. The molecule has 7 aromatic carbocycles. The molecule has 7 aromatic rings. The molecule has 0 atom stereocenters. The van der Waals surface area contributed by atoms with Crippen molar-refractivity contribution in [2.75, 3.05) is 23.0 Å². The smallest absolute Gasteiger partial charge is 0.336 e. The average Bonchev–Trinajstić information content (AvgIpc) is 3.27. The van der Waals surface area contributed by atoms with E-state index in [4.69, 9.17) is 11.5 Å². The molecule has 282 valence electrons. The van der Waals surface area contributed by atoms with E-state index in [1.54, 1.807) is 0 Å². The highest BCUT2D eigenvalue weighted by molar-refractivity contribution is 8.01. The molecular weight excluding hydrogens is 745 g/mol. The molecule has 0 bridgehead atoms. The number of carbonyl (C=O) groups excluding carboxylic acids is 2. The molecule has 7 rings (SSSR count). The number of nitrogen functional groups attached to an aromatic ring is 2. The average molecular weight is 785 g/mol. The normalized spacial score (nSPS) is 11.5. The van der Waals surface area contributed by atoms with E-state index in [1.165, 1.54) is 29.6 Å². The first-order chi connectivity index (χ1) is 27.8. The van der Waals surface area contributed by atoms with Gasteiger partial charge in [-0.1, -0.05) is 182 Å². The summed E-state index contributed by atoms with van der Waals surface area (Å²) in [4.78, 5) is 41.6. The van der Waals surface area contributed by atoms with Crippen molar-refractivity contribution < 1.29 is 19.5 Å². The lowest BCUT2D eigenvalue weighted by Crippen LogP contribution is -2.28. The van der Waals surface area contributed by atoms with Crippen LogP contribution >= 0.6 is 23.5 Å². The Hall–Kier alpha value is -6.35. The van der Waals surface area contributed by atoms with Gasteiger partial charge in [-0.15, -0.1) is 23.5 Å². The lowest BCUT2D eigenvalue weighted by molar-refractivity contribution is 0.0692. The van der Waals surface area contributed by atoms with Gasteiger partial charge in [-0.25, -0.2) is 4.79 Å². The molecule has 0 aliphatic carbocycles. The minimum absolute atomic E-state index is 0.0445.